The van der Waals surface area contributed by atoms with Gasteiger partial charge in [0.1, 0.15) is 17.5 Å². The van der Waals surface area contributed by atoms with Crippen molar-refractivity contribution in [3.63, 3.8) is 0 Å². The smallest absolute Gasteiger partial charge is 0.350 e. The molecule has 0 aliphatic carbocycles. The summed E-state index contributed by atoms with van der Waals surface area (Å²) in [4.78, 5) is 34.5. The highest BCUT2D eigenvalue weighted by Crippen LogP contribution is 2.46. The molecule has 5 rings (SSSR count). The number of amides is 1. The molecule has 0 bridgehead atoms. The van der Waals surface area contributed by atoms with Gasteiger partial charge in [-0.25, -0.2) is 13.6 Å². The number of hydrogen-bond acceptors (Lipinski definition) is 6. The van der Waals surface area contributed by atoms with Gasteiger partial charge in [-0.05, 0) is 37.6 Å². The van der Waals surface area contributed by atoms with Crippen molar-refractivity contribution in [2.45, 2.75) is 24.8 Å². The van der Waals surface area contributed by atoms with Crippen molar-refractivity contribution in [2.75, 3.05) is 50.0 Å². The maximum absolute atomic E-state index is 15.1. The zero-order valence-electron chi connectivity index (χ0n) is 21.1. The van der Waals surface area contributed by atoms with Gasteiger partial charge >= 0.3 is 5.69 Å². The van der Waals surface area contributed by atoms with Crippen LogP contribution in [0.2, 0.25) is 5.02 Å². The van der Waals surface area contributed by atoms with E-state index in [0.29, 0.717) is 62.0 Å². The van der Waals surface area contributed by atoms with Gasteiger partial charge in [0.05, 0.1) is 23.2 Å². The summed E-state index contributed by atoms with van der Waals surface area (Å²) in [7, 11) is 0. The van der Waals surface area contributed by atoms with Crippen LogP contribution >= 0.6 is 23.4 Å². The van der Waals surface area contributed by atoms with Crippen LogP contribution in [-0.2, 0) is 9.53 Å². The number of piperazine rings is 1. The number of rotatable bonds is 6. The molecule has 38 heavy (non-hydrogen) atoms. The predicted octanol–water partition coefficient (Wildman–Crippen LogP) is 4.82. The number of aryl methyl sites for hydroxylation is 1. The molecule has 1 aromatic heterocycles. The van der Waals surface area contributed by atoms with Gasteiger partial charge in [0.25, 0.3) is 0 Å². The molecule has 0 saturated carbocycles. The minimum Gasteiger partial charge on any atom is -0.380 e. The molecule has 11 heteroatoms. The van der Waals surface area contributed by atoms with Gasteiger partial charge in [-0.15, -0.1) is 11.8 Å². The van der Waals surface area contributed by atoms with Crippen molar-refractivity contribution in [1.29, 1.82) is 0 Å². The first-order valence-corrected chi connectivity index (χ1v) is 13.7. The number of halogens is 3. The minimum atomic E-state index is -0.832. The second-order valence-electron chi connectivity index (χ2n) is 9.27. The fourth-order valence-electron chi connectivity index (χ4n) is 5.15. The number of hydrogen-bond donors (Lipinski definition) is 0. The van der Waals surface area contributed by atoms with Crippen molar-refractivity contribution in [3.8, 4) is 11.1 Å². The second-order valence-corrected chi connectivity index (χ2v) is 10.7. The lowest BCUT2D eigenvalue weighted by Gasteiger charge is -2.36. The standard InChI is InChI=1S/C27H27ClF2N4O3S/c1-4-22(35)32-6-8-33(9-7-32)26-18-10-15(3)23(17-11-19(28)21(30)12-20(17)29)25-24(18)34(27(36)31-26)16(14-38-25)13-37-5-2/h4,10-12,16H,1,5-9,13-14H2,2-3H3. The first-order valence-electron chi connectivity index (χ1n) is 12.4. The Hall–Kier alpha value is -2.95. The van der Waals surface area contributed by atoms with Gasteiger partial charge in [0, 0.05) is 66.0 Å². The van der Waals surface area contributed by atoms with E-state index in [4.69, 9.17) is 16.3 Å². The molecule has 0 radical (unpaired) electrons. The van der Waals surface area contributed by atoms with E-state index in [1.807, 2.05) is 24.8 Å². The summed E-state index contributed by atoms with van der Waals surface area (Å²) in [5, 5.41) is 0.578. The zero-order chi connectivity index (χ0) is 27.1. The molecule has 2 aliphatic heterocycles. The number of thioether (sulfide) groups is 1. The normalized spacial score (nSPS) is 17.2. The lowest BCUT2D eigenvalue weighted by Crippen LogP contribution is -2.49. The monoisotopic (exact) mass is 560 g/mol. The van der Waals surface area contributed by atoms with E-state index < -0.39 is 17.3 Å². The molecule has 7 nitrogen and oxygen atoms in total. The summed E-state index contributed by atoms with van der Waals surface area (Å²) < 4.78 is 36.4. The van der Waals surface area contributed by atoms with Crippen LogP contribution in [0.15, 0.2) is 40.5 Å². The van der Waals surface area contributed by atoms with Crippen LogP contribution in [0.5, 0.6) is 0 Å². The summed E-state index contributed by atoms with van der Waals surface area (Å²) in [6, 6.07) is 3.72. The van der Waals surface area contributed by atoms with Crippen LogP contribution in [0.3, 0.4) is 0 Å². The zero-order valence-corrected chi connectivity index (χ0v) is 22.7. The predicted molar refractivity (Wildman–Crippen MR) is 146 cm³/mol. The van der Waals surface area contributed by atoms with Crippen LogP contribution in [0.4, 0.5) is 14.6 Å². The van der Waals surface area contributed by atoms with Gasteiger partial charge in [-0.1, -0.05) is 18.2 Å². The Kier molecular flexibility index (Phi) is 7.48. The molecular formula is C27H27ClF2N4O3S. The Labute approximate surface area is 228 Å². The number of ether oxygens (including phenoxy) is 1. The molecule has 1 saturated heterocycles. The van der Waals surface area contributed by atoms with Crippen molar-refractivity contribution >= 4 is 46.0 Å². The first kappa shape index (κ1) is 26.6. The lowest BCUT2D eigenvalue weighted by atomic mass is 9.96. The lowest BCUT2D eigenvalue weighted by molar-refractivity contribution is -0.126. The van der Waals surface area contributed by atoms with Gasteiger partial charge in [0.15, 0.2) is 0 Å². The van der Waals surface area contributed by atoms with Gasteiger partial charge in [0.2, 0.25) is 5.91 Å². The summed E-state index contributed by atoms with van der Waals surface area (Å²) in [6.07, 6.45) is 1.30. The molecule has 200 valence electrons. The molecule has 0 N–H and O–H groups in total. The molecule has 1 atom stereocenters. The Bertz CT molecular complexity index is 1500. The average Bonchev–Trinajstić information content (AvgIpc) is 2.91. The van der Waals surface area contributed by atoms with Crippen LogP contribution in [-0.4, -0.2) is 65.5 Å². The van der Waals surface area contributed by atoms with E-state index in [1.165, 1.54) is 23.9 Å². The Balaban J connectivity index is 1.73. The molecule has 2 aromatic carbocycles. The summed E-state index contributed by atoms with van der Waals surface area (Å²) in [5.74, 6) is -0.641. The average molecular weight is 561 g/mol. The van der Waals surface area contributed by atoms with Crippen LogP contribution in [0.1, 0.15) is 18.5 Å². The number of anilines is 1. The molecular weight excluding hydrogens is 534 g/mol. The topological polar surface area (TPSA) is 67.7 Å². The third kappa shape index (κ3) is 4.58. The molecule has 1 amide bonds. The molecule has 3 aromatic rings. The molecule has 2 aliphatic rings. The van der Waals surface area contributed by atoms with Crippen molar-refractivity contribution < 1.29 is 18.3 Å². The third-order valence-corrected chi connectivity index (χ3v) is 8.51. The summed E-state index contributed by atoms with van der Waals surface area (Å²) in [6.45, 7) is 10.1. The quantitative estimate of drug-likeness (QED) is 0.318. The number of aromatic nitrogens is 2. The van der Waals surface area contributed by atoms with E-state index in [0.717, 1.165) is 21.9 Å². The number of nitrogens with zero attached hydrogens (tertiary/aromatic N) is 4. The highest BCUT2D eigenvalue weighted by molar-refractivity contribution is 7.99. The van der Waals surface area contributed by atoms with Crippen LogP contribution < -0.4 is 10.6 Å². The highest BCUT2D eigenvalue weighted by atomic mass is 35.5. The maximum atomic E-state index is 15.1. The number of carbonyl (C=O) groups excluding carboxylic acids is 1. The molecule has 1 fully saturated rings. The Morgan fingerprint density at radius 2 is 1.97 bits per heavy atom. The fourth-order valence-corrected chi connectivity index (χ4v) is 6.68. The number of carbonyl (C=O) groups is 1. The van der Waals surface area contributed by atoms with E-state index in [-0.39, 0.29) is 22.5 Å². The van der Waals surface area contributed by atoms with E-state index >= 15 is 4.39 Å². The van der Waals surface area contributed by atoms with Crippen LogP contribution in [0, 0.1) is 18.6 Å². The third-order valence-electron chi connectivity index (χ3n) is 6.99. The maximum Gasteiger partial charge on any atom is 0.350 e. The van der Waals surface area contributed by atoms with Crippen LogP contribution in [0.25, 0.3) is 22.0 Å². The van der Waals surface area contributed by atoms with Crippen molar-refractivity contribution in [1.82, 2.24) is 14.5 Å². The SMILES string of the molecule is C=CC(=O)N1CCN(c2nc(=O)n3c4c(c(-c5cc(Cl)c(F)cc5F)c(C)cc24)SCC3COCC)CC1. The van der Waals surface area contributed by atoms with Gasteiger partial charge < -0.3 is 14.5 Å². The van der Waals surface area contributed by atoms with E-state index in [9.17, 15) is 14.0 Å². The fraction of sp³-hybridized carbons (Fsp3) is 0.370. The molecule has 0 spiro atoms. The molecule has 3 heterocycles. The van der Waals surface area contributed by atoms with E-state index in [2.05, 4.69) is 11.6 Å². The Morgan fingerprint density at radius 1 is 1.24 bits per heavy atom. The second kappa shape index (κ2) is 10.7. The summed E-state index contributed by atoms with van der Waals surface area (Å²) in [5.41, 5.74) is 1.72. The summed E-state index contributed by atoms with van der Waals surface area (Å²) >= 11 is 7.56. The highest BCUT2D eigenvalue weighted by Gasteiger charge is 2.32. The van der Waals surface area contributed by atoms with Gasteiger partial charge in [-0.2, -0.15) is 4.98 Å². The minimum absolute atomic E-state index is 0.134. The number of benzene rings is 2. The molecule has 1 unspecified atom stereocenters. The van der Waals surface area contributed by atoms with Gasteiger partial charge in [-0.3, -0.25) is 9.36 Å². The first-order chi connectivity index (χ1) is 18.2. The largest absolute Gasteiger partial charge is 0.380 e. The van der Waals surface area contributed by atoms with Crippen molar-refractivity contribution in [3.05, 3.63) is 63.6 Å². The van der Waals surface area contributed by atoms with E-state index in [1.54, 1.807) is 9.47 Å². The Morgan fingerprint density at radius 3 is 2.66 bits per heavy atom. The van der Waals surface area contributed by atoms with Crippen molar-refractivity contribution in [2.24, 2.45) is 0 Å².